The van der Waals surface area contributed by atoms with Gasteiger partial charge in [0.1, 0.15) is 0 Å². The van der Waals surface area contributed by atoms with Gasteiger partial charge in [-0.05, 0) is 44.8 Å². The van der Waals surface area contributed by atoms with Crippen molar-refractivity contribution in [3.8, 4) is 0 Å². The van der Waals surface area contributed by atoms with Crippen molar-refractivity contribution in [3.63, 3.8) is 0 Å². The summed E-state index contributed by atoms with van der Waals surface area (Å²) >= 11 is 0. The molecule has 1 aromatic rings. The maximum absolute atomic E-state index is 3.58. The van der Waals surface area contributed by atoms with E-state index in [-0.39, 0.29) is 0 Å². The standard InChI is InChI=1S/C18H30N2/c1-14-8-6-9-15(12-14)13-20(5)16-10-7-11-18(2,3)17(16)19-4/h6,8-9,12,16-17,19H,7,10-11,13H2,1-5H3. The summed E-state index contributed by atoms with van der Waals surface area (Å²) in [5.41, 5.74) is 3.16. The molecule has 0 amide bonds. The third-order valence-corrected chi connectivity index (χ3v) is 4.94. The van der Waals surface area contributed by atoms with Gasteiger partial charge >= 0.3 is 0 Å². The second kappa shape index (κ2) is 6.28. The molecule has 2 atom stereocenters. The lowest BCUT2D eigenvalue weighted by Gasteiger charge is -2.47. The van der Waals surface area contributed by atoms with Gasteiger partial charge in [-0.2, -0.15) is 0 Å². The summed E-state index contributed by atoms with van der Waals surface area (Å²) < 4.78 is 0. The molecule has 1 saturated carbocycles. The van der Waals surface area contributed by atoms with Crippen molar-refractivity contribution in [2.45, 2.75) is 58.7 Å². The van der Waals surface area contributed by atoms with Crippen molar-refractivity contribution in [1.29, 1.82) is 0 Å². The van der Waals surface area contributed by atoms with Crippen LogP contribution < -0.4 is 5.32 Å². The Kier molecular flexibility index (Phi) is 4.87. The van der Waals surface area contributed by atoms with E-state index in [1.807, 2.05) is 0 Å². The van der Waals surface area contributed by atoms with Crippen molar-refractivity contribution in [1.82, 2.24) is 10.2 Å². The number of nitrogens with zero attached hydrogens (tertiary/aromatic N) is 1. The van der Waals surface area contributed by atoms with Crippen LogP contribution in [0.4, 0.5) is 0 Å². The minimum Gasteiger partial charge on any atom is -0.315 e. The van der Waals surface area contributed by atoms with E-state index in [0.717, 1.165) is 6.54 Å². The average Bonchev–Trinajstić information content (AvgIpc) is 2.37. The first kappa shape index (κ1) is 15.5. The summed E-state index contributed by atoms with van der Waals surface area (Å²) in [6.45, 7) is 8.02. The van der Waals surface area contributed by atoms with Gasteiger partial charge in [0.05, 0.1) is 0 Å². The lowest BCUT2D eigenvalue weighted by Crippen LogP contribution is -2.56. The highest BCUT2D eigenvalue weighted by atomic mass is 15.2. The molecule has 0 heterocycles. The van der Waals surface area contributed by atoms with Crippen LogP contribution in [0.1, 0.15) is 44.2 Å². The Labute approximate surface area is 124 Å². The molecule has 2 rings (SSSR count). The molecule has 2 heteroatoms. The van der Waals surface area contributed by atoms with Crippen molar-refractivity contribution in [2.24, 2.45) is 5.41 Å². The van der Waals surface area contributed by atoms with Gasteiger partial charge in [-0.25, -0.2) is 0 Å². The maximum atomic E-state index is 3.58. The van der Waals surface area contributed by atoms with E-state index in [9.17, 15) is 0 Å². The van der Waals surface area contributed by atoms with Crippen LogP contribution in [0.3, 0.4) is 0 Å². The molecule has 1 aromatic carbocycles. The molecule has 112 valence electrons. The third kappa shape index (κ3) is 3.42. The predicted octanol–water partition coefficient (Wildman–Crippen LogP) is 3.59. The van der Waals surface area contributed by atoms with Crippen molar-refractivity contribution in [2.75, 3.05) is 14.1 Å². The van der Waals surface area contributed by atoms with Gasteiger partial charge in [-0.3, -0.25) is 4.90 Å². The Bertz CT molecular complexity index is 439. The summed E-state index contributed by atoms with van der Waals surface area (Å²) in [4.78, 5) is 2.54. The minimum atomic E-state index is 0.387. The van der Waals surface area contributed by atoms with Crippen molar-refractivity contribution >= 4 is 0 Å². The number of rotatable bonds is 4. The number of benzene rings is 1. The summed E-state index contributed by atoms with van der Waals surface area (Å²) in [5, 5.41) is 3.58. The highest BCUT2D eigenvalue weighted by Crippen LogP contribution is 2.37. The second-order valence-electron chi connectivity index (χ2n) is 7.12. The second-order valence-corrected chi connectivity index (χ2v) is 7.12. The van der Waals surface area contributed by atoms with E-state index < -0.39 is 0 Å². The number of likely N-dealkylation sites (N-methyl/N-ethyl adjacent to an activating group) is 2. The number of nitrogens with one attached hydrogen (secondary N) is 1. The van der Waals surface area contributed by atoms with Gasteiger partial charge in [0.25, 0.3) is 0 Å². The minimum absolute atomic E-state index is 0.387. The van der Waals surface area contributed by atoms with E-state index >= 15 is 0 Å². The molecule has 20 heavy (non-hydrogen) atoms. The molecular weight excluding hydrogens is 244 g/mol. The van der Waals surface area contributed by atoms with Crippen LogP contribution in [0.15, 0.2) is 24.3 Å². The lowest BCUT2D eigenvalue weighted by atomic mass is 9.70. The fourth-order valence-electron chi connectivity index (χ4n) is 3.88. The normalized spacial score (nSPS) is 25.9. The van der Waals surface area contributed by atoms with Crippen molar-refractivity contribution < 1.29 is 0 Å². The van der Waals surface area contributed by atoms with Crippen LogP contribution in [0.25, 0.3) is 0 Å². The topological polar surface area (TPSA) is 15.3 Å². The predicted molar refractivity (Wildman–Crippen MR) is 86.9 cm³/mol. The van der Waals surface area contributed by atoms with Gasteiger partial charge in [0.15, 0.2) is 0 Å². The Morgan fingerprint density at radius 3 is 2.75 bits per heavy atom. The molecule has 1 aliphatic carbocycles. The maximum Gasteiger partial charge on any atom is 0.0271 e. The largest absolute Gasteiger partial charge is 0.315 e. The van der Waals surface area contributed by atoms with Gasteiger partial charge < -0.3 is 5.32 Å². The van der Waals surface area contributed by atoms with Gasteiger partial charge in [0.2, 0.25) is 0 Å². The van der Waals surface area contributed by atoms with Crippen LogP contribution in [-0.4, -0.2) is 31.1 Å². The molecule has 1 fully saturated rings. The summed E-state index contributed by atoms with van der Waals surface area (Å²) in [7, 11) is 4.39. The molecule has 0 bridgehead atoms. The first-order chi connectivity index (χ1) is 9.44. The van der Waals surface area contributed by atoms with Crippen LogP contribution in [-0.2, 0) is 6.54 Å². The zero-order valence-corrected chi connectivity index (χ0v) is 13.7. The van der Waals surface area contributed by atoms with E-state index in [4.69, 9.17) is 0 Å². The summed E-state index contributed by atoms with van der Waals surface area (Å²) in [6.07, 6.45) is 3.97. The molecule has 2 unspecified atom stereocenters. The summed E-state index contributed by atoms with van der Waals surface area (Å²) in [5.74, 6) is 0. The zero-order chi connectivity index (χ0) is 14.8. The van der Waals surface area contributed by atoms with E-state index in [2.05, 4.69) is 69.3 Å². The number of aryl methyl sites for hydroxylation is 1. The molecule has 1 N–H and O–H groups in total. The van der Waals surface area contributed by atoms with Crippen molar-refractivity contribution in [3.05, 3.63) is 35.4 Å². The van der Waals surface area contributed by atoms with Crippen LogP contribution >= 0.6 is 0 Å². The summed E-state index contributed by atoms with van der Waals surface area (Å²) in [6, 6.07) is 10.1. The zero-order valence-electron chi connectivity index (χ0n) is 13.7. The Morgan fingerprint density at radius 2 is 2.10 bits per heavy atom. The first-order valence-corrected chi connectivity index (χ1v) is 7.87. The SMILES string of the molecule is CNC1C(N(C)Cc2cccc(C)c2)CCCC1(C)C. The molecule has 2 nitrogen and oxygen atoms in total. The first-order valence-electron chi connectivity index (χ1n) is 7.87. The molecule has 0 saturated heterocycles. The molecule has 0 radical (unpaired) electrons. The van der Waals surface area contributed by atoms with E-state index in [1.54, 1.807) is 0 Å². The Balaban J connectivity index is 2.09. The van der Waals surface area contributed by atoms with Gasteiger partial charge in [0, 0.05) is 18.6 Å². The number of hydrogen-bond donors (Lipinski definition) is 1. The van der Waals surface area contributed by atoms with Gasteiger partial charge in [-0.15, -0.1) is 0 Å². The monoisotopic (exact) mass is 274 g/mol. The third-order valence-electron chi connectivity index (χ3n) is 4.94. The van der Waals surface area contributed by atoms with Gasteiger partial charge in [-0.1, -0.05) is 50.1 Å². The molecule has 0 aromatic heterocycles. The van der Waals surface area contributed by atoms with E-state index in [0.29, 0.717) is 17.5 Å². The van der Waals surface area contributed by atoms with E-state index in [1.165, 1.54) is 30.4 Å². The quantitative estimate of drug-likeness (QED) is 0.902. The smallest absolute Gasteiger partial charge is 0.0271 e. The van der Waals surface area contributed by atoms with Crippen LogP contribution in [0, 0.1) is 12.3 Å². The fraction of sp³-hybridized carbons (Fsp3) is 0.667. The average molecular weight is 274 g/mol. The highest BCUT2D eigenvalue weighted by Gasteiger charge is 2.39. The van der Waals surface area contributed by atoms with Crippen LogP contribution in [0.2, 0.25) is 0 Å². The number of hydrogen-bond acceptors (Lipinski definition) is 2. The van der Waals surface area contributed by atoms with Crippen LogP contribution in [0.5, 0.6) is 0 Å². The highest BCUT2D eigenvalue weighted by molar-refractivity contribution is 5.22. The Morgan fingerprint density at radius 1 is 1.35 bits per heavy atom. The molecular formula is C18H30N2. The Hall–Kier alpha value is -0.860. The fourth-order valence-corrected chi connectivity index (χ4v) is 3.88. The lowest BCUT2D eigenvalue weighted by molar-refractivity contribution is 0.0632. The molecule has 1 aliphatic rings. The molecule has 0 spiro atoms. The molecule has 0 aliphatic heterocycles.